The van der Waals surface area contributed by atoms with Gasteiger partial charge in [-0.2, -0.15) is 0 Å². The Morgan fingerprint density at radius 1 is 0.783 bits per heavy atom. The fraction of sp³-hybridized carbons (Fsp3) is 0.611. The Bertz CT molecular complexity index is 1220. The molecule has 0 bridgehead atoms. The maximum absolute atomic E-state index is 12.4. The van der Waals surface area contributed by atoms with Crippen LogP contribution >= 0.6 is 0 Å². The third-order valence-corrected chi connectivity index (χ3v) is 9.64. The van der Waals surface area contributed by atoms with E-state index in [-0.39, 0.29) is 30.6 Å². The number of ether oxygens (including phenoxy) is 2. The van der Waals surface area contributed by atoms with Gasteiger partial charge in [-0.05, 0) is 74.8 Å². The number of hydroxylamine groups is 1. The quantitative estimate of drug-likeness (QED) is 0.118. The van der Waals surface area contributed by atoms with Crippen LogP contribution in [0.15, 0.2) is 48.5 Å². The molecule has 0 unspecified atom stereocenters. The number of amides is 2. The van der Waals surface area contributed by atoms with E-state index in [0.717, 1.165) is 67.6 Å². The van der Waals surface area contributed by atoms with E-state index in [9.17, 15) is 14.7 Å². The van der Waals surface area contributed by atoms with Crippen molar-refractivity contribution in [1.29, 1.82) is 0 Å². The summed E-state index contributed by atoms with van der Waals surface area (Å²) in [6, 6.07) is 16.8. The minimum atomic E-state index is -0.493. The molecule has 3 fully saturated rings. The first kappa shape index (κ1) is 34.5. The maximum Gasteiger partial charge on any atom is 0.243 e. The second-order valence-electron chi connectivity index (χ2n) is 13.1. The summed E-state index contributed by atoms with van der Waals surface area (Å²) >= 11 is 0. The van der Waals surface area contributed by atoms with Crippen LogP contribution in [-0.2, 0) is 32.2 Å². The molecular weight excluding hydrogens is 584 g/mol. The van der Waals surface area contributed by atoms with Crippen molar-refractivity contribution in [1.82, 2.24) is 20.6 Å². The van der Waals surface area contributed by atoms with E-state index >= 15 is 0 Å². The zero-order chi connectivity index (χ0) is 32.1. The molecule has 3 aliphatic rings. The lowest BCUT2D eigenvalue weighted by Gasteiger charge is -2.39. The van der Waals surface area contributed by atoms with Crippen molar-refractivity contribution >= 4 is 11.8 Å². The molecule has 4 atom stereocenters. The molecule has 3 saturated heterocycles. The number of carbonyl (C=O) groups is 2. The number of benzene rings is 2. The van der Waals surface area contributed by atoms with E-state index in [1.54, 1.807) is 5.48 Å². The van der Waals surface area contributed by atoms with Crippen molar-refractivity contribution in [2.75, 3.05) is 32.7 Å². The van der Waals surface area contributed by atoms with Gasteiger partial charge in [0.2, 0.25) is 11.8 Å². The summed E-state index contributed by atoms with van der Waals surface area (Å²) in [5.41, 5.74) is 5.60. The number of nitrogens with one attached hydrogen (secondary N) is 2. The summed E-state index contributed by atoms with van der Waals surface area (Å²) in [5.74, 6) is -0.360. The van der Waals surface area contributed by atoms with Gasteiger partial charge in [-0.1, -0.05) is 61.4 Å². The van der Waals surface area contributed by atoms with E-state index in [1.165, 1.54) is 38.8 Å². The summed E-state index contributed by atoms with van der Waals surface area (Å²) in [6.07, 6.45) is 9.26. The first-order chi connectivity index (χ1) is 22.5. The molecule has 10 heteroatoms. The number of nitrogens with zero attached hydrogens (tertiary/aromatic N) is 2. The Kier molecular flexibility index (Phi) is 13.4. The van der Waals surface area contributed by atoms with Crippen molar-refractivity contribution < 1.29 is 29.4 Å². The number of aliphatic hydroxyl groups excluding tert-OH is 1. The number of carbonyl (C=O) groups excluding carboxylic acids is 2. The number of rotatable bonds is 16. The van der Waals surface area contributed by atoms with Crippen LogP contribution in [0.25, 0.3) is 0 Å². The Morgan fingerprint density at radius 3 is 2.15 bits per heavy atom. The molecule has 4 N–H and O–H groups in total. The smallest absolute Gasteiger partial charge is 0.243 e. The van der Waals surface area contributed by atoms with Crippen molar-refractivity contribution in [3.05, 3.63) is 70.8 Å². The normalized spacial score (nSPS) is 23.9. The summed E-state index contributed by atoms with van der Waals surface area (Å²) in [5, 5.41) is 21.1. The molecule has 2 aromatic carbocycles. The minimum absolute atomic E-state index is 0.0129. The maximum atomic E-state index is 12.4. The zero-order valence-electron chi connectivity index (χ0n) is 27.1. The Hall–Kier alpha value is -2.86. The van der Waals surface area contributed by atoms with Crippen LogP contribution < -0.4 is 10.8 Å². The van der Waals surface area contributed by atoms with Gasteiger partial charge in [-0.25, -0.2) is 5.48 Å². The Morgan fingerprint density at radius 2 is 1.46 bits per heavy atom. The molecule has 0 saturated carbocycles. The zero-order valence-corrected chi connectivity index (χ0v) is 27.1. The van der Waals surface area contributed by atoms with Crippen LogP contribution in [-0.4, -0.2) is 76.8 Å². The monoisotopic (exact) mass is 636 g/mol. The standard InChI is InChI=1S/C36H52N4O6/c41-26-28-13-15-29(16-14-28)33-22-32(25-40-21-7-8-31(40)24-39-19-5-6-20-39)45-36(46-33)30-17-11-27(12-18-30)23-37-34(42)9-3-1-2-4-10-35(43)38-44/h11-18,31-33,36,41,44H,1-10,19-26H2,(H,37,42)(H,38,43)/t31-,32+,33-,36-/m0/s1. The summed E-state index contributed by atoms with van der Waals surface area (Å²) in [4.78, 5) is 28.7. The molecule has 0 radical (unpaired) electrons. The molecule has 46 heavy (non-hydrogen) atoms. The van der Waals surface area contributed by atoms with Crippen molar-refractivity contribution in [3.8, 4) is 0 Å². The molecule has 0 aliphatic carbocycles. The molecule has 2 amide bonds. The number of likely N-dealkylation sites (tertiary alicyclic amines) is 2. The van der Waals surface area contributed by atoms with Crippen LogP contribution in [0.3, 0.4) is 0 Å². The lowest BCUT2D eigenvalue weighted by Crippen LogP contribution is -2.45. The fourth-order valence-corrected chi connectivity index (χ4v) is 6.96. The van der Waals surface area contributed by atoms with E-state index in [0.29, 0.717) is 31.8 Å². The highest BCUT2D eigenvalue weighted by Crippen LogP contribution is 2.39. The van der Waals surface area contributed by atoms with Gasteiger partial charge in [-0.15, -0.1) is 0 Å². The average molecular weight is 637 g/mol. The number of unbranched alkanes of at least 4 members (excludes halogenated alkanes) is 3. The van der Waals surface area contributed by atoms with Crippen LogP contribution in [0, 0.1) is 0 Å². The van der Waals surface area contributed by atoms with Gasteiger partial charge in [0, 0.05) is 50.5 Å². The summed E-state index contributed by atoms with van der Waals surface area (Å²) < 4.78 is 13.2. The third kappa shape index (κ3) is 10.3. The van der Waals surface area contributed by atoms with Gasteiger partial charge in [0.15, 0.2) is 6.29 Å². The van der Waals surface area contributed by atoms with Crippen LogP contribution in [0.2, 0.25) is 0 Å². The van der Waals surface area contributed by atoms with Crippen molar-refractivity contribution in [2.24, 2.45) is 0 Å². The first-order valence-electron chi connectivity index (χ1n) is 17.3. The molecule has 0 spiro atoms. The average Bonchev–Trinajstić information content (AvgIpc) is 3.77. The molecule has 2 aromatic rings. The van der Waals surface area contributed by atoms with E-state index in [4.69, 9.17) is 14.7 Å². The Labute approximate surface area is 273 Å². The second-order valence-corrected chi connectivity index (χ2v) is 13.1. The van der Waals surface area contributed by atoms with Crippen LogP contribution in [0.5, 0.6) is 0 Å². The van der Waals surface area contributed by atoms with Gasteiger partial charge in [0.25, 0.3) is 0 Å². The topological polar surface area (TPSA) is 124 Å². The number of aliphatic hydroxyl groups is 1. The molecule has 3 aliphatic heterocycles. The van der Waals surface area contributed by atoms with Crippen LogP contribution in [0.1, 0.15) is 105 Å². The molecule has 5 rings (SSSR count). The predicted molar refractivity (Wildman–Crippen MR) is 175 cm³/mol. The van der Waals surface area contributed by atoms with Crippen LogP contribution in [0.4, 0.5) is 0 Å². The second kappa shape index (κ2) is 17.9. The summed E-state index contributed by atoms with van der Waals surface area (Å²) in [7, 11) is 0. The highest BCUT2D eigenvalue weighted by Gasteiger charge is 2.36. The van der Waals surface area contributed by atoms with Gasteiger partial charge >= 0.3 is 0 Å². The van der Waals surface area contributed by atoms with Crippen molar-refractivity contribution in [3.63, 3.8) is 0 Å². The van der Waals surface area contributed by atoms with Gasteiger partial charge in [-0.3, -0.25) is 19.7 Å². The lowest BCUT2D eigenvalue weighted by atomic mass is 9.99. The predicted octanol–water partition coefficient (Wildman–Crippen LogP) is 4.75. The highest BCUT2D eigenvalue weighted by molar-refractivity contribution is 5.75. The molecular formula is C36H52N4O6. The molecule has 252 valence electrons. The Balaban J connectivity index is 1.15. The van der Waals surface area contributed by atoms with E-state index in [1.807, 2.05) is 36.4 Å². The highest BCUT2D eigenvalue weighted by atomic mass is 16.7. The van der Waals surface area contributed by atoms with Gasteiger partial charge < -0.3 is 24.8 Å². The fourth-order valence-electron chi connectivity index (χ4n) is 6.96. The molecule has 0 aromatic heterocycles. The molecule has 10 nitrogen and oxygen atoms in total. The summed E-state index contributed by atoms with van der Waals surface area (Å²) in [6.45, 7) is 6.09. The SMILES string of the molecule is O=C(CCCCCCC(=O)NCc1ccc([C@H]2O[C@@H](CN3CCC[C@H]3CN3CCCC3)C[C@@H](c3ccc(CO)cc3)O2)cc1)NO. The van der Waals surface area contributed by atoms with Gasteiger partial charge in [0.05, 0.1) is 18.8 Å². The number of hydrogen-bond donors (Lipinski definition) is 4. The molecule has 3 heterocycles. The first-order valence-corrected chi connectivity index (χ1v) is 17.3. The number of hydrogen-bond acceptors (Lipinski definition) is 8. The third-order valence-electron chi connectivity index (χ3n) is 9.64. The largest absolute Gasteiger partial charge is 0.392 e. The van der Waals surface area contributed by atoms with E-state index < -0.39 is 6.29 Å². The van der Waals surface area contributed by atoms with Gasteiger partial charge in [0.1, 0.15) is 0 Å². The van der Waals surface area contributed by atoms with Crippen molar-refractivity contribution in [2.45, 2.75) is 108 Å². The lowest BCUT2D eigenvalue weighted by molar-refractivity contribution is -0.253. The minimum Gasteiger partial charge on any atom is -0.392 e. The van der Waals surface area contributed by atoms with E-state index in [2.05, 4.69) is 27.2 Å².